The molecule has 1 saturated carbocycles. The molecule has 16 heavy (non-hydrogen) atoms. The molecule has 0 radical (unpaired) electrons. The van der Waals surface area contributed by atoms with E-state index in [0.29, 0.717) is 0 Å². The van der Waals surface area contributed by atoms with E-state index in [4.69, 9.17) is 17.3 Å². The summed E-state index contributed by atoms with van der Waals surface area (Å²) in [6.07, 6.45) is 6.48. The quantitative estimate of drug-likeness (QED) is 0.779. The number of rotatable bonds is 1. The minimum atomic E-state index is -0.119. The number of benzene rings is 1. The normalized spacial score (nSPS) is 19.4. The lowest BCUT2D eigenvalue weighted by Gasteiger charge is -2.24. The van der Waals surface area contributed by atoms with Crippen molar-refractivity contribution >= 4 is 22.5 Å². The molecule has 1 aromatic heterocycles. The van der Waals surface area contributed by atoms with E-state index in [1.54, 1.807) is 0 Å². The lowest BCUT2D eigenvalue weighted by atomic mass is 9.89. The van der Waals surface area contributed by atoms with Gasteiger partial charge in [-0.25, -0.2) is 0 Å². The van der Waals surface area contributed by atoms with E-state index < -0.39 is 0 Å². The van der Waals surface area contributed by atoms with Crippen LogP contribution >= 0.6 is 11.6 Å². The van der Waals surface area contributed by atoms with Gasteiger partial charge in [-0.1, -0.05) is 36.6 Å². The smallest absolute Gasteiger partial charge is 0.0659 e. The number of nitrogens with one attached hydrogen (secondary N) is 1. The van der Waals surface area contributed by atoms with Gasteiger partial charge >= 0.3 is 0 Å². The lowest BCUT2D eigenvalue weighted by molar-refractivity contribution is 0.462. The Bertz CT molecular complexity index is 524. The first-order valence-electron chi connectivity index (χ1n) is 5.75. The second kappa shape index (κ2) is 3.51. The summed E-state index contributed by atoms with van der Waals surface area (Å²) in [5.74, 6) is 0. The van der Waals surface area contributed by atoms with Crippen molar-refractivity contribution in [3.05, 3.63) is 35.0 Å². The minimum absolute atomic E-state index is 0.119. The van der Waals surface area contributed by atoms with Crippen LogP contribution in [0.5, 0.6) is 0 Å². The lowest BCUT2D eigenvalue weighted by Crippen LogP contribution is -2.32. The van der Waals surface area contributed by atoms with Gasteiger partial charge in [0.05, 0.1) is 5.02 Å². The summed E-state index contributed by atoms with van der Waals surface area (Å²) in [7, 11) is 0. The molecule has 1 aliphatic rings. The van der Waals surface area contributed by atoms with Crippen LogP contribution in [0.15, 0.2) is 24.4 Å². The van der Waals surface area contributed by atoms with Crippen molar-refractivity contribution in [2.75, 3.05) is 0 Å². The summed E-state index contributed by atoms with van der Waals surface area (Å²) in [6, 6.07) is 6.33. The van der Waals surface area contributed by atoms with Gasteiger partial charge in [0.25, 0.3) is 0 Å². The van der Waals surface area contributed by atoms with Gasteiger partial charge in [-0.2, -0.15) is 0 Å². The summed E-state index contributed by atoms with van der Waals surface area (Å²) in [4.78, 5) is 3.18. The van der Waals surface area contributed by atoms with E-state index in [0.717, 1.165) is 28.8 Å². The van der Waals surface area contributed by atoms with E-state index in [2.05, 4.69) is 23.2 Å². The van der Waals surface area contributed by atoms with Crippen LogP contribution in [0.25, 0.3) is 10.9 Å². The summed E-state index contributed by atoms with van der Waals surface area (Å²) in [5, 5.41) is 1.85. The van der Waals surface area contributed by atoms with E-state index >= 15 is 0 Å². The molecule has 1 fully saturated rings. The predicted molar refractivity (Wildman–Crippen MR) is 67.6 cm³/mol. The zero-order valence-corrected chi connectivity index (χ0v) is 9.85. The van der Waals surface area contributed by atoms with Crippen LogP contribution in [0.4, 0.5) is 0 Å². The topological polar surface area (TPSA) is 41.8 Å². The molecular weight excluding hydrogens is 220 g/mol. The fourth-order valence-electron chi connectivity index (χ4n) is 2.70. The summed E-state index contributed by atoms with van der Waals surface area (Å²) in [6.45, 7) is 0. The summed E-state index contributed by atoms with van der Waals surface area (Å²) in [5.41, 5.74) is 8.63. The van der Waals surface area contributed by atoms with Gasteiger partial charge in [0.15, 0.2) is 0 Å². The molecule has 0 bridgehead atoms. The van der Waals surface area contributed by atoms with Gasteiger partial charge in [-0.15, -0.1) is 0 Å². The molecule has 0 aliphatic heterocycles. The Morgan fingerprint density at radius 1 is 1.25 bits per heavy atom. The average molecular weight is 235 g/mol. The SMILES string of the molecule is NC1(c2ccc3c(Cl)c[nH]c3c2)CCCC1. The molecule has 3 rings (SSSR count). The number of fused-ring (bicyclic) bond motifs is 1. The number of aromatic amines is 1. The minimum Gasteiger partial charge on any atom is -0.360 e. The number of hydrogen-bond acceptors (Lipinski definition) is 1. The highest BCUT2D eigenvalue weighted by Gasteiger charge is 2.31. The van der Waals surface area contributed by atoms with Crippen molar-refractivity contribution in [3.8, 4) is 0 Å². The van der Waals surface area contributed by atoms with E-state index in [9.17, 15) is 0 Å². The Morgan fingerprint density at radius 3 is 2.75 bits per heavy atom. The fraction of sp³-hybridized carbons (Fsp3) is 0.385. The fourth-order valence-corrected chi connectivity index (χ4v) is 2.91. The molecule has 0 amide bonds. The van der Waals surface area contributed by atoms with Crippen LogP contribution in [0.2, 0.25) is 5.02 Å². The van der Waals surface area contributed by atoms with Crippen LogP contribution in [0.1, 0.15) is 31.2 Å². The Balaban J connectivity index is 2.11. The number of aromatic nitrogens is 1. The van der Waals surface area contributed by atoms with E-state index in [1.165, 1.54) is 18.4 Å². The summed E-state index contributed by atoms with van der Waals surface area (Å²) >= 11 is 6.06. The van der Waals surface area contributed by atoms with E-state index in [-0.39, 0.29) is 5.54 Å². The molecule has 1 heterocycles. The number of halogens is 1. The van der Waals surface area contributed by atoms with Crippen LogP contribution in [-0.2, 0) is 5.54 Å². The van der Waals surface area contributed by atoms with Crippen molar-refractivity contribution in [2.24, 2.45) is 5.73 Å². The highest BCUT2D eigenvalue weighted by Crippen LogP contribution is 2.37. The molecular formula is C13H15ClN2. The predicted octanol–water partition coefficient (Wildman–Crippen LogP) is 3.55. The Morgan fingerprint density at radius 2 is 2.00 bits per heavy atom. The van der Waals surface area contributed by atoms with Gasteiger partial charge in [0, 0.05) is 22.6 Å². The maximum absolute atomic E-state index is 6.43. The van der Waals surface area contributed by atoms with Crippen LogP contribution < -0.4 is 5.73 Å². The monoisotopic (exact) mass is 234 g/mol. The molecule has 1 aliphatic carbocycles. The molecule has 0 unspecified atom stereocenters. The van der Waals surface area contributed by atoms with Gasteiger partial charge < -0.3 is 10.7 Å². The highest BCUT2D eigenvalue weighted by molar-refractivity contribution is 6.35. The molecule has 0 spiro atoms. The second-order valence-electron chi connectivity index (χ2n) is 4.76. The highest BCUT2D eigenvalue weighted by atomic mass is 35.5. The van der Waals surface area contributed by atoms with Gasteiger partial charge in [-0.3, -0.25) is 0 Å². The molecule has 3 N–H and O–H groups in total. The summed E-state index contributed by atoms with van der Waals surface area (Å²) < 4.78 is 0. The maximum Gasteiger partial charge on any atom is 0.0659 e. The largest absolute Gasteiger partial charge is 0.360 e. The zero-order valence-electron chi connectivity index (χ0n) is 9.09. The van der Waals surface area contributed by atoms with Crippen LogP contribution in [0, 0.1) is 0 Å². The molecule has 0 saturated heterocycles. The second-order valence-corrected chi connectivity index (χ2v) is 5.17. The molecule has 0 atom stereocenters. The maximum atomic E-state index is 6.43. The molecule has 2 nitrogen and oxygen atoms in total. The molecule has 2 aromatic rings. The average Bonchev–Trinajstić information content (AvgIpc) is 2.87. The van der Waals surface area contributed by atoms with Crippen molar-refractivity contribution < 1.29 is 0 Å². The zero-order chi connectivity index (χ0) is 11.2. The van der Waals surface area contributed by atoms with Gasteiger partial charge in [0.2, 0.25) is 0 Å². The number of H-pyrrole nitrogens is 1. The van der Waals surface area contributed by atoms with Crippen LogP contribution in [0.3, 0.4) is 0 Å². The van der Waals surface area contributed by atoms with Crippen molar-refractivity contribution in [3.63, 3.8) is 0 Å². The Kier molecular flexibility index (Phi) is 2.23. The molecule has 3 heteroatoms. The molecule has 1 aromatic carbocycles. The first-order valence-corrected chi connectivity index (χ1v) is 6.13. The first kappa shape index (κ1) is 10.2. The third-order valence-electron chi connectivity index (χ3n) is 3.70. The standard InChI is InChI=1S/C13H15ClN2/c14-11-8-16-12-7-9(3-4-10(11)12)13(15)5-1-2-6-13/h3-4,7-8,16H,1-2,5-6,15H2. The Hall–Kier alpha value is -0.990. The van der Waals surface area contributed by atoms with E-state index in [1.807, 2.05) is 6.20 Å². The number of hydrogen-bond donors (Lipinski definition) is 2. The van der Waals surface area contributed by atoms with Crippen molar-refractivity contribution in [2.45, 2.75) is 31.2 Å². The molecule has 84 valence electrons. The Labute approximate surface area is 99.8 Å². The first-order chi connectivity index (χ1) is 7.69. The van der Waals surface area contributed by atoms with Crippen LogP contribution in [-0.4, -0.2) is 4.98 Å². The van der Waals surface area contributed by atoms with Gasteiger partial charge in [0.1, 0.15) is 0 Å². The number of nitrogens with two attached hydrogens (primary N) is 1. The van der Waals surface area contributed by atoms with Crippen molar-refractivity contribution in [1.29, 1.82) is 0 Å². The van der Waals surface area contributed by atoms with Crippen molar-refractivity contribution in [1.82, 2.24) is 4.98 Å². The van der Waals surface area contributed by atoms with Gasteiger partial charge in [-0.05, 0) is 24.5 Å². The third-order valence-corrected chi connectivity index (χ3v) is 4.01. The third kappa shape index (κ3) is 1.45.